The average molecular weight is 359 g/mol. The van der Waals surface area contributed by atoms with Gasteiger partial charge < -0.3 is 15.5 Å². The van der Waals surface area contributed by atoms with Crippen molar-refractivity contribution in [1.29, 1.82) is 0 Å². The molecule has 22 heavy (non-hydrogen) atoms. The van der Waals surface area contributed by atoms with Gasteiger partial charge in [0.25, 0.3) is 5.56 Å². The van der Waals surface area contributed by atoms with Crippen LogP contribution in [0, 0.1) is 0 Å². The fourth-order valence-electron chi connectivity index (χ4n) is 2.07. The molecule has 1 aromatic rings. The summed E-state index contributed by atoms with van der Waals surface area (Å²) in [6.45, 7) is 2.83. The lowest BCUT2D eigenvalue weighted by Crippen LogP contribution is -2.48. The lowest BCUT2D eigenvalue weighted by molar-refractivity contribution is 0.193. The molecule has 0 aliphatic carbocycles. The Bertz CT molecular complexity index is 616. The summed E-state index contributed by atoms with van der Waals surface area (Å²) in [5, 5.41) is 3.89. The summed E-state index contributed by atoms with van der Waals surface area (Å²) < 4.78 is 1.97. The number of rotatable bonds is 3. The minimum Gasteiger partial charge on any atom is -0.354 e. The molecule has 0 saturated carbocycles. The van der Waals surface area contributed by atoms with Crippen LogP contribution in [0.25, 0.3) is 0 Å². The van der Waals surface area contributed by atoms with Gasteiger partial charge in [0.15, 0.2) is 0 Å². The third-order valence-electron chi connectivity index (χ3n) is 3.36. The van der Waals surface area contributed by atoms with E-state index in [0.29, 0.717) is 24.4 Å². The van der Waals surface area contributed by atoms with Crippen molar-refractivity contribution in [3.63, 3.8) is 0 Å². The first-order valence-electron chi connectivity index (χ1n) is 6.74. The molecule has 1 saturated heterocycles. The van der Waals surface area contributed by atoms with Crippen molar-refractivity contribution in [2.24, 2.45) is 5.73 Å². The van der Waals surface area contributed by atoms with Crippen LogP contribution in [0.2, 0.25) is 0 Å². The summed E-state index contributed by atoms with van der Waals surface area (Å²) in [6, 6.07) is 1.69. The lowest BCUT2D eigenvalue weighted by atomic mass is 10.3. The van der Waals surface area contributed by atoms with E-state index in [9.17, 15) is 9.59 Å². The summed E-state index contributed by atoms with van der Waals surface area (Å²) >= 11 is 6.86. The van der Waals surface area contributed by atoms with Crippen LogP contribution in [-0.2, 0) is 12.4 Å². The van der Waals surface area contributed by atoms with Crippen LogP contribution in [0.1, 0.15) is 5.56 Å². The van der Waals surface area contributed by atoms with Gasteiger partial charge in [0, 0.05) is 43.7 Å². The van der Waals surface area contributed by atoms with Gasteiger partial charge in [-0.2, -0.15) is 5.10 Å². The molecule has 1 aliphatic heterocycles. The van der Waals surface area contributed by atoms with E-state index in [1.165, 1.54) is 16.4 Å². The van der Waals surface area contributed by atoms with Crippen LogP contribution in [0.15, 0.2) is 17.1 Å². The molecule has 1 aromatic heterocycles. The minimum absolute atomic E-state index is 0.0114. The number of piperazine rings is 1. The van der Waals surface area contributed by atoms with Crippen LogP contribution < -0.4 is 11.3 Å². The van der Waals surface area contributed by atoms with E-state index in [1.807, 2.05) is 0 Å². The summed E-state index contributed by atoms with van der Waals surface area (Å²) in [6.07, 6.45) is 1.57. The van der Waals surface area contributed by atoms with Crippen LogP contribution in [0.4, 0.5) is 4.79 Å². The molecule has 1 aliphatic rings. The van der Waals surface area contributed by atoms with E-state index in [1.54, 1.807) is 17.2 Å². The Labute approximate surface area is 140 Å². The van der Waals surface area contributed by atoms with E-state index in [4.69, 9.17) is 18.0 Å². The van der Waals surface area contributed by atoms with E-state index < -0.39 is 0 Å². The van der Waals surface area contributed by atoms with Crippen molar-refractivity contribution in [1.82, 2.24) is 19.6 Å². The molecule has 1 unspecified atom stereocenters. The summed E-state index contributed by atoms with van der Waals surface area (Å²) in [5.74, 6) is 0.489. The Balaban J connectivity index is 1.89. The Morgan fingerprint density at radius 2 is 2.00 bits per heavy atom. The molecular weight excluding hydrogens is 341 g/mol. The number of thioether (sulfide) groups is 1. The van der Waals surface area contributed by atoms with Crippen LogP contribution in [0.5, 0.6) is 0 Å². The molecule has 7 nitrogen and oxygen atoms in total. The second-order valence-electron chi connectivity index (χ2n) is 4.71. The number of hydrogen-bond donors (Lipinski definition) is 1. The fourth-order valence-corrected chi connectivity index (χ4v) is 3.55. The van der Waals surface area contributed by atoms with E-state index >= 15 is 0 Å². The maximum Gasteiger partial charge on any atom is 0.272 e. The van der Waals surface area contributed by atoms with Gasteiger partial charge in [-0.05, 0) is 15.3 Å². The Kier molecular flexibility index (Phi) is 6.31. The zero-order valence-corrected chi connectivity index (χ0v) is 14.8. The number of nitrogens with zero attached hydrogens (tertiary/aromatic N) is 4. The van der Waals surface area contributed by atoms with Crippen molar-refractivity contribution in [3.8, 4) is 0 Å². The SMILES string of the molecule is NCn1nccc(CSC(=S)N2CCN(C(=O)P)CC2)c1=O. The second kappa shape index (κ2) is 8.01. The largest absolute Gasteiger partial charge is 0.354 e. The molecule has 0 spiro atoms. The topological polar surface area (TPSA) is 84.5 Å². The first-order valence-corrected chi connectivity index (χ1v) is 8.71. The molecule has 1 atom stereocenters. The molecule has 2 N–H and O–H groups in total. The summed E-state index contributed by atoms with van der Waals surface area (Å²) in [7, 11) is 2.19. The maximum absolute atomic E-state index is 12.0. The Morgan fingerprint density at radius 1 is 1.36 bits per heavy atom. The van der Waals surface area contributed by atoms with Crippen molar-refractivity contribution in [3.05, 3.63) is 28.2 Å². The molecule has 2 rings (SSSR count). The fraction of sp³-hybridized carbons (Fsp3) is 0.500. The first kappa shape index (κ1) is 17.3. The van der Waals surface area contributed by atoms with Gasteiger partial charge in [-0.3, -0.25) is 9.59 Å². The zero-order chi connectivity index (χ0) is 16.1. The second-order valence-corrected chi connectivity index (χ2v) is 6.81. The van der Waals surface area contributed by atoms with Crippen molar-refractivity contribution in [2.75, 3.05) is 26.2 Å². The molecule has 1 fully saturated rings. The van der Waals surface area contributed by atoms with Gasteiger partial charge >= 0.3 is 0 Å². The van der Waals surface area contributed by atoms with Crippen molar-refractivity contribution < 1.29 is 4.79 Å². The molecule has 0 radical (unpaired) electrons. The van der Waals surface area contributed by atoms with Gasteiger partial charge in [0.05, 0.1) is 6.67 Å². The molecule has 0 bridgehead atoms. The minimum atomic E-state index is -0.182. The zero-order valence-electron chi connectivity index (χ0n) is 12.0. The number of amides is 1. The smallest absolute Gasteiger partial charge is 0.272 e. The van der Waals surface area contributed by atoms with Gasteiger partial charge in [-0.25, -0.2) is 4.68 Å². The van der Waals surface area contributed by atoms with Gasteiger partial charge in [0.2, 0.25) is 5.65 Å². The predicted octanol–water partition coefficient (Wildman–Crippen LogP) is 0.290. The Hall–Kier alpha value is -1.02. The normalized spacial score (nSPS) is 15.0. The van der Waals surface area contributed by atoms with Crippen molar-refractivity contribution >= 4 is 43.2 Å². The van der Waals surface area contributed by atoms with Crippen LogP contribution >= 0.6 is 33.2 Å². The summed E-state index contributed by atoms with van der Waals surface area (Å²) in [5.41, 5.74) is 5.92. The van der Waals surface area contributed by atoms with Crippen molar-refractivity contribution in [2.45, 2.75) is 12.4 Å². The average Bonchev–Trinajstić information content (AvgIpc) is 2.53. The monoisotopic (exact) mass is 359 g/mol. The third kappa shape index (κ3) is 4.25. The molecule has 0 aromatic carbocycles. The maximum atomic E-state index is 12.0. The number of carbonyl (C=O) groups excluding carboxylic acids is 1. The van der Waals surface area contributed by atoms with Crippen LogP contribution in [0.3, 0.4) is 0 Å². The first-order chi connectivity index (χ1) is 10.5. The molecular formula is C12H18N5O2PS2. The standard InChI is InChI=1S/C12H18N5O2PS2/c13-8-17-10(18)9(1-2-14-17)7-22-12(21)16-5-3-15(4-6-16)11(19)20/h1-2H,3-8,13,20H2. The van der Waals surface area contributed by atoms with Crippen LogP contribution in [-0.4, -0.2) is 55.7 Å². The number of hydrogen-bond acceptors (Lipinski definition) is 6. The van der Waals surface area contributed by atoms with E-state index in [0.717, 1.165) is 17.4 Å². The molecule has 120 valence electrons. The number of nitrogens with two attached hydrogens (primary N) is 1. The molecule has 2 heterocycles. The highest BCUT2D eigenvalue weighted by molar-refractivity contribution is 8.22. The quantitative estimate of drug-likeness (QED) is 0.613. The van der Waals surface area contributed by atoms with Gasteiger partial charge in [-0.15, -0.1) is 0 Å². The highest BCUT2D eigenvalue weighted by Crippen LogP contribution is 2.17. The highest BCUT2D eigenvalue weighted by atomic mass is 32.2. The van der Waals surface area contributed by atoms with Gasteiger partial charge in [0.1, 0.15) is 4.32 Å². The summed E-state index contributed by atoms with van der Waals surface area (Å²) in [4.78, 5) is 27.1. The Morgan fingerprint density at radius 3 is 2.59 bits per heavy atom. The lowest BCUT2D eigenvalue weighted by Gasteiger charge is -2.35. The van der Waals surface area contributed by atoms with E-state index in [-0.39, 0.29) is 17.9 Å². The molecule has 10 heteroatoms. The number of aromatic nitrogens is 2. The number of carbonyl (C=O) groups is 1. The van der Waals surface area contributed by atoms with E-state index in [2.05, 4.69) is 19.2 Å². The highest BCUT2D eigenvalue weighted by Gasteiger charge is 2.20. The third-order valence-corrected chi connectivity index (χ3v) is 5.30. The number of thiocarbonyl (C=S) groups is 1. The molecule has 1 amide bonds. The predicted molar refractivity (Wildman–Crippen MR) is 94.8 cm³/mol. The van der Waals surface area contributed by atoms with Gasteiger partial charge in [-0.1, -0.05) is 24.0 Å².